The molecule has 1 aromatic carbocycles. The Hall–Kier alpha value is -1.63. The Morgan fingerprint density at radius 1 is 1.19 bits per heavy atom. The van der Waals surface area contributed by atoms with E-state index in [0.29, 0.717) is 0 Å². The van der Waals surface area contributed by atoms with Gasteiger partial charge >= 0.3 is 0 Å². The summed E-state index contributed by atoms with van der Waals surface area (Å²) in [4.78, 5) is 4.76. The van der Waals surface area contributed by atoms with Crippen LogP contribution in [-0.4, -0.2) is 4.98 Å². The van der Waals surface area contributed by atoms with Gasteiger partial charge in [-0.1, -0.05) is 44.2 Å². The van der Waals surface area contributed by atoms with Crippen LogP contribution in [0.1, 0.15) is 25.1 Å². The largest absolute Gasteiger partial charge is 0.252 e. The first kappa shape index (κ1) is 9.59. The summed E-state index contributed by atoms with van der Waals surface area (Å²) in [5.74, 6) is 0. The third-order valence-corrected chi connectivity index (χ3v) is 3.17. The van der Waals surface area contributed by atoms with E-state index in [-0.39, 0.29) is 5.41 Å². The van der Waals surface area contributed by atoms with Crippen molar-refractivity contribution in [3.05, 3.63) is 47.7 Å². The first-order chi connectivity index (χ1) is 7.64. The van der Waals surface area contributed by atoms with Crippen LogP contribution in [0.3, 0.4) is 0 Å². The Bertz CT molecular complexity index is 579. The molecule has 0 radical (unpaired) electrons. The summed E-state index contributed by atoms with van der Waals surface area (Å²) in [7, 11) is 0. The van der Waals surface area contributed by atoms with Gasteiger partial charge in [0, 0.05) is 11.1 Å². The van der Waals surface area contributed by atoms with E-state index in [1.165, 1.54) is 16.6 Å². The van der Waals surface area contributed by atoms with Crippen LogP contribution >= 0.6 is 0 Å². The molecule has 0 amide bonds. The van der Waals surface area contributed by atoms with Crippen molar-refractivity contribution in [2.75, 3.05) is 0 Å². The van der Waals surface area contributed by atoms with Gasteiger partial charge in [0.05, 0.1) is 5.52 Å². The van der Waals surface area contributed by atoms with Crippen molar-refractivity contribution < 1.29 is 0 Å². The molecule has 80 valence electrons. The van der Waals surface area contributed by atoms with E-state index >= 15 is 0 Å². The number of rotatable bonds is 0. The summed E-state index contributed by atoms with van der Waals surface area (Å²) in [6, 6.07) is 10.6. The molecule has 0 N–H and O–H groups in total. The van der Waals surface area contributed by atoms with Crippen LogP contribution in [0.25, 0.3) is 17.0 Å². The summed E-state index contributed by atoms with van der Waals surface area (Å²) in [5, 5.41) is 1.23. The highest BCUT2D eigenvalue weighted by molar-refractivity contribution is 5.81. The minimum atomic E-state index is 0.239. The highest BCUT2D eigenvalue weighted by Crippen LogP contribution is 2.32. The number of benzene rings is 1. The molecule has 2 aromatic rings. The van der Waals surface area contributed by atoms with Gasteiger partial charge in [-0.25, -0.2) is 0 Å². The molecule has 1 nitrogen and oxygen atoms in total. The quantitative estimate of drug-likeness (QED) is 0.642. The molecule has 1 aliphatic carbocycles. The lowest BCUT2D eigenvalue weighted by Crippen LogP contribution is -2.16. The summed E-state index contributed by atoms with van der Waals surface area (Å²) in [5.41, 5.74) is 3.85. The third-order valence-electron chi connectivity index (χ3n) is 3.17. The van der Waals surface area contributed by atoms with E-state index in [1.54, 1.807) is 0 Å². The smallest absolute Gasteiger partial charge is 0.0705 e. The molecule has 1 aliphatic rings. The predicted molar refractivity (Wildman–Crippen MR) is 68.3 cm³/mol. The van der Waals surface area contributed by atoms with Crippen molar-refractivity contribution in [3.8, 4) is 0 Å². The van der Waals surface area contributed by atoms with Gasteiger partial charge in [-0.15, -0.1) is 0 Å². The highest BCUT2D eigenvalue weighted by atomic mass is 14.7. The van der Waals surface area contributed by atoms with Crippen LogP contribution in [0, 0.1) is 5.41 Å². The molecular weight excluding hydrogens is 194 g/mol. The lowest BCUT2D eigenvalue weighted by molar-refractivity contribution is 0.469. The number of pyridine rings is 1. The number of allylic oxidation sites excluding steroid dienone is 1. The van der Waals surface area contributed by atoms with Crippen LogP contribution < -0.4 is 0 Å². The van der Waals surface area contributed by atoms with Gasteiger partial charge < -0.3 is 0 Å². The summed E-state index contributed by atoms with van der Waals surface area (Å²) >= 11 is 0. The zero-order valence-electron chi connectivity index (χ0n) is 9.70. The van der Waals surface area contributed by atoms with Crippen LogP contribution in [0.4, 0.5) is 0 Å². The molecule has 0 fully saturated rings. The van der Waals surface area contributed by atoms with E-state index in [4.69, 9.17) is 4.98 Å². The van der Waals surface area contributed by atoms with Gasteiger partial charge in [-0.05, 0) is 29.5 Å². The molecule has 0 saturated heterocycles. The highest BCUT2D eigenvalue weighted by Gasteiger charge is 2.21. The predicted octanol–water partition coefficient (Wildman–Crippen LogP) is 3.83. The van der Waals surface area contributed by atoms with Gasteiger partial charge in [0.1, 0.15) is 0 Å². The maximum atomic E-state index is 4.76. The molecule has 0 saturated carbocycles. The van der Waals surface area contributed by atoms with E-state index in [0.717, 1.165) is 11.9 Å². The van der Waals surface area contributed by atoms with Crippen molar-refractivity contribution in [1.82, 2.24) is 4.98 Å². The van der Waals surface area contributed by atoms with Gasteiger partial charge in [0.15, 0.2) is 0 Å². The molecule has 1 heterocycles. The van der Waals surface area contributed by atoms with Crippen molar-refractivity contribution in [2.45, 2.75) is 20.3 Å². The van der Waals surface area contributed by atoms with Crippen LogP contribution in [0.2, 0.25) is 0 Å². The normalized spacial score (nSPS) is 17.4. The Kier molecular flexibility index (Phi) is 1.90. The van der Waals surface area contributed by atoms with Gasteiger partial charge in [-0.2, -0.15) is 0 Å². The Morgan fingerprint density at radius 3 is 2.88 bits per heavy atom. The summed E-state index contributed by atoms with van der Waals surface area (Å²) in [6.07, 6.45) is 5.52. The second-order valence-electron chi connectivity index (χ2n) is 5.22. The molecule has 1 heteroatoms. The van der Waals surface area contributed by atoms with Crippen molar-refractivity contribution in [1.29, 1.82) is 0 Å². The molecular formula is C15H15N. The van der Waals surface area contributed by atoms with Crippen molar-refractivity contribution in [3.63, 3.8) is 0 Å². The fourth-order valence-corrected chi connectivity index (χ4v) is 2.26. The van der Waals surface area contributed by atoms with E-state index in [1.807, 2.05) is 6.07 Å². The molecule has 0 atom stereocenters. The maximum absolute atomic E-state index is 4.76. The first-order valence-corrected chi connectivity index (χ1v) is 5.72. The molecule has 0 unspecified atom stereocenters. The summed E-state index contributed by atoms with van der Waals surface area (Å²) < 4.78 is 0. The number of nitrogens with zero attached hydrogens (tertiary/aromatic N) is 1. The number of hydrogen-bond donors (Lipinski definition) is 0. The third kappa shape index (κ3) is 1.53. The van der Waals surface area contributed by atoms with E-state index < -0.39 is 0 Å². The number of hydrogen-bond acceptors (Lipinski definition) is 1. The van der Waals surface area contributed by atoms with Crippen molar-refractivity contribution >= 4 is 17.0 Å². The average Bonchev–Trinajstić information content (AvgIpc) is 2.25. The fourth-order valence-electron chi connectivity index (χ4n) is 2.26. The molecule has 0 bridgehead atoms. The molecule has 0 aliphatic heterocycles. The topological polar surface area (TPSA) is 12.9 Å². The monoisotopic (exact) mass is 209 g/mol. The number of aromatic nitrogens is 1. The SMILES string of the molecule is CC1(C)C=Cc2cc3ccccc3nc2C1. The molecule has 16 heavy (non-hydrogen) atoms. The van der Waals surface area contributed by atoms with Gasteiger partial charge in [0.25, 0.3) is 0 Å². The standard InChI is InChI=1S/C15H15N/c1-15(2)8-7-12-9-11-5-3-4-6-13(11)16-14(12)10-15/h3-9H,10H2,1-2H3. The van der Waals surface area contributed by atoms with Crippen molar-refractivity contribution in [2.24, 2.45) is 5.41 Å². The van der Waals surface area contributed by atoms with Crippen LogP contribution in [0.5, 0.6) is 0 Å². The van der Waals surface area contributed by atoms with Crippen LogP contribution in [-0.2, 0) is 6.42 Å². The van der Waals surface area contributed by atoms with E-state index in [2.05, 4.69) is 50.3 Å². The lowest BCUT2D eigenvalue weighted by atomic mass is 9.81. The zero-order valence-corrected chi connectivity index (χ0v) is 9.70. The number of para-hydroxylation sites is 1. The minimum Gasteiger partial charge on any atom is -0.252 e. The Balaban J connectivity index is 2.24. The Labute approximate surface area is 95.8 Å². The molecule has 1 aromatic heterocycles. The zero-order chi connectivity index (χ0) is 11.2. The summed E-state index contributed by atoms with van der Waals surface area (Å²) in [6.45, 7) is 4.51. The number of fused-ring (bicyclic) bond motifs is 2. The second-order valence-corrected chi connectivity index (χ2v) is 5.22. The lowest BCUT2D eigenvalue weighted by Gasteiger charge is -2.25. The molecule has 0 spiro atoms. The second kappa shape index (κ2) is 3.18. The molecule has 3 rings (SSSR count). The maximum Gasteiger partial charge on any atom is 0.0705 e. The Morgan fingerprint density at radius 2 is 2.00 bits per heavy atom. The minimum absolute atomic E-state index is 0.239. The van der Waals surface area contributed by atoms with Gasteiger partial charge in [-0.3, -0.25) is 4.98 Å². The van der Waals surface area contributed by atoms with E-state index in [9.17, 15) is 0 Å². The van der Waals surface area contributed by atoms with Gasteiger partial charge in [0.2, 0.25) is 0 Å². The fraction of sp³-hybridized carbons (Fsp3) is 0.267. The van der Waals surface area contributed by atoms with Crippen LogP contribution in [0.15, 0.2) is 36.4 Å². The average molecular weight is 209 g/mol. The first-order valence-electron chi connectivity index (χ1n) is 5.72.